The Balaban J connectivity index is 1.62. The zero-order chi connectivity index (χ0) is 15.6. The van der Waals surface area contributed by atoms with Crippen LogP contribution in [0.2, 0.25) is 0 Å². The van der Waals surface area contributed by atoms with Crippen LogP contribution in [0.25, 0.3) is 10.8 Å². The molecule has 0 spiro atoms. The minimum absolute atomic E-state index is 0.263. The maximum Gasteiger partial charge on any atom is 0.231 e. The van der Waals surface area contributed by atoms with Crippen molar-refractivity contribution >= 4 is 22.3 Å². The molecule has 3 aromatic rings. The normalized spacial score (nSPS) is 13.3. The van der Waals surface area contributed by atoms with Gasteiger partial charge in [0.15, 0.2) is 17.3 Å². The van der Waals surface area contributed by atoms with Crippen molar-refractivity contribution in [2.45, 2.75) is 6.92 Å². The highest BCUT2D eigenvalue weighted by Gasteiger charge is 2.14. The average molecular weight is 306 g/mol. The van der Waals surface area contributed by atoms with E-state index in [1.807, 2.05) is 49.4 Å². The molecule has 23 heavy (non-hydrogen) atoms. The first kappa shape index (κ1) is 13.5. The monoisotopic (exact) mass is 306 g/mol. The lowest BCUT2D eigenvalue weighted by molar-refractivity contribution is 0.174. The Morgan fingerprint density at radius 3 is 2.96 bits per heavy atom. The molecule has 6 heteroatoms. The fourth-order valence-electron chi connectivity index (χ4n) is 2.43. The zero-order valence-corrected chi connectivity index (χ0v) is 12.5. The fraction of sp³-hybridized carbons (Fsp3) is 0.118. The molecule has 2 heterocycles. The second kappa shape index (κ2) is 5.57. The highest BCUT2D eigenvalue weighted by atomic mass is 16.7. The second-order valence-electron chi connectivity index (χ2n) is 5.16. The maximum atomic E-state index is 5.39. The van der Waals surface area contributed by atoms with Crippen molar-refractivity contribution in [3.63, 3.8) is 0 Å². The van der Waals surface area contributed by atoms with E-state index >= 15 is 0 Å². The third-order valence-electron chi connectivity index (χ3n) is 3.69. The first-order valence-electron chi connectivity index (χ1n) is 7.22. The summed E-state index contributed by atoms with van der Waals surface area (Å²) in [6.07, 6.45) is 1.73. The molecule has 0 bridgehead atoms. The van der Waals surface area contributed by atoms with Crippen LogP contribution in [0.5, 0.6) is 11.5 Å². The molecule has 4 rings (SSSR count). The van der Waals surface area contributed by atoms with Crippen molar-refractivity contribution in [3.8, 4) is 11.5 Å². The number of nitrogens with one attached hydrogen (secondary N) is 1. The molecule has 1 aromatic heterocycles. The van der Waals surface area contributed by atoms with E-state index in [9.17, 15) is 0 Å². The van der Waals surface area contributed by atoms with E-state index in [4.69, 9.17) is 9.47 Å². The molecular formula is C17H14N4O2. The number of hydrazone groups is 1. The van der Waals surface area contributed by atoms with Gasteiger partial charge >= 0.3 is 0 Å². The molecule has 0 aliphatic carbocycles. The lowest BCUT2D eigenvalue weighted by atomic mass is 10.1. The van der Waals surface area contributed by atoms with Gasteiger partial charge in [0.1, 0.15) is 0 Å². The minimum atomic E-state index is 0.263. The number of hydrogen-bond donors (Lipinski definition) is 1. The summed E-state index contributed by atoms with van der Waals surface area (Å²) in [4.78, 5) is 0. The van der Waals surface area contributed by atoms with Gasteiger partial charge in [-0.3, -0.25) is 5.43 Å². The minimum Gasteiger partial charge on any atom is -0.454 e. The molecule has 0 radical (unpaired) electrons. The molecule has 1 N–H and O–H groups in total. The van der Waals surface area contributed by atoms with Gasteiger partial charge in [-0.15, -0.1) is 5.10 Å². The van der Waals surface area contributed by atoms with Gasteiger partial charge in [0, 0.05) is 16.3 Å². The zero-order valence-electron chi connectivity index (χ0n) is 12.5. The summed E-state index contributed by atoms with van der Waals surface area (Å²) in [5.74, 6) is 2.12. The molecule has 0 unspecified atom stereocenters. The first-order chi connectivity index (χ1) is 11.3. The van der Waals surface area contributed by atoms with Gasteiger partial charge in [-0.2, -0.15) is 10.2 Å². The number of ether oxygens (including phenoxy) is 2. The maximum absolute atomic E-state index is 5.39. The van der Waals surface area contributed by atoms with Crippen molar-refractivity contribution in [3.05, 3.63) is 54.2 Å². The Hall–Kier alpha value is -3.15. The Labute approximate surface area is 132 Å². The number of rotatable bonds is 3. The summed E-state index contributed by atoms with van der Waals surface area (Å²) in [6.45, 7) is 2.18. The van der Waals surface area contributed by atoms with Crippen LogP contribution >= 0.6 is 0 Å². The quantitative estimate of drug-likeness (QED) is 0.594. The Bertz CT molecular complexity index is 903. The third kappa shape index (κ3) is 2.55. The summed E-state index contributed by atoms with van der Waals surface area (Å²) in [5, 5.41) is 14.5. The summed E-state index contributed by atoms with van der Waals surface area (Å²) >= 11 is 0. The molecule has 6 nitrogen and oxygen atoms in total. The second-order valence-corrected chi connectivity index (χ2v) is 5.16. The fourth-order valence-corrected chi connectivity index (χ4v) is 2.43. The van der Waals surface area contributed by atoms with E-state index in [1.165, 1.54) is 0 Å². The molecule has 0 saturated heterocycles. The Kier molecular flexibility index (Phi) is 3.27. The number of benzene rings is 2. The van der Waals surface area contributed by atoms with Crippen LogP contribution in [0.1, 0.15) is 12.5 Å². The molecule has 0 saturated carbocycles. The molecular weight excluding hydrogens is 292 g/mol. The highest BCUT2D eigenvalue weighted by Crippen LogP contribution is 2.32. The van der Waals surface area contributed by atoms with E-state index in [1.54, 1.807) is 6.20 Å². The van der Waals surface area contributed by atoms with Crippen molar-refractivity contribution in [1.82, 2.24) is 10.2 Å². The molecule has 0 fully saturated rings. The molecule has 0 atom stereocenters. The molecule has 1 aliphatic rings. The smallest absolute Gasteiger partial charge is 0.231 e. The number of nitrogens with zero attached hydrogens (tertiary/aromatic N) is 3. The predicted molar refractivity (Wildman–Crippen MR) is 87.9 cm³/mol. The summed E-state index contributed by atoms with van der Waals surface area (Å²) < 4.78 is 10.7. The van der Waals surface area contributed by atoms with Crippen molar-refractivity contribution in [1.29, 1.82) is 0 Å². The first-order valence-corrected chi connectivity index (χ1v) is 7.22. The van der Waals surface area contributed by atoms with Crippen LogP contribution in [0.15, 0.2) is 53.8 Å². The van der Waals surface area contributed by atoms with Crippen LogP contribution in [0, 0.1) is 0 Å². The topological polar surface area (TPSA) is 68.6 Å². The van der Waals surface area contributed by atoms with Gasteiger partial charge in [-0.05, 0) is 25.1 Å². The number of hydrogen-bond acceptors (Lipinski definition) is 6. The predicted octanol–water partition coefficient (Wildman–Crippen LogP) is 3.19. The highest BCUT2D eigenvalue weighted by molar-refractivity contribution is 6.00. The SMILES string of the molecule is CC(=NNc1nncc2ccccc12)c1ccc2c(c1)OCO2. The lowest BCUT2D eigenvalue weighted by Gasteiger charge is -2.06. The van der Waals surface area contributed by atoms with E-state index in [-0.39, 0.29) is 6.79 Å². The average Bonchev–Trinajstić information content (AvgIpc) is 3.07. The molecule has 1 aliphatic heterocycles. The molecule has 114 valence electrons. The molecule has 0 amide bonds. The largest absolute Gasteiger partial charge is 0.454 e. The van der Waals surface area contributed by atoms with Crippen LogP contribution in [-0.2, 0) is 0 Å². The van der Waals surface area contributed by atoms with E-state index in [0.717, 1.165) is 33.5 Å². The summed E-state index contributed by atoms with van der Waals surface area (Å²) in [6, 6.07) is 13.6. The summed E-state index contributed by atoms with van der Waals surface area (Å²) in [5.41, 5.74) is 4.77. The van der Waals surface area contributed by atoms with Crippen molar-refractivity contribution < 1.29 is 9.47 Å². The van der Waals surface area contributed by atoms with E-state index in [0.29, 0.717) is 5.82 Å². The Morgan fingerprint density at radius 1 is 1.13 bits per heavy atom. The van der Waals surface area contributed by atoms with Gasteiger partial charge in [0.25, 0.3) is 0 Å². The molecule has 2 aromatic carbocycles. The van der Waals surface area contributed by atoms with Crippen LogP contribution in [0.4, 0.5) is 5.82 Å². The number of aromatic nitrogens is 2. The van der Waals surface area contributed by atoms with Gasteiger partial charge < -0.3 is 9.47 Å². The van der Waals surface area contributed by atoms with Crippen LogP contribution in [-0.4, -0.2) is 22.7 Å². The van der Waals surface area contributed by atoms with Gasteiger partial charge in [-0.25, -0.2) is 0 Å². The van der Waals surface area contributed by atoms with Gasteiger partial charge in [0.05, 0.1) is 11.9 Å². The van der Waals surface area contributed by atoms with E-state index in [2.05, 4.69) is 20.7 Å². The van der Waals surface area contributed by atoms with Crippen molar-refractivity contribution in [2.24, 2.45) is 5.10 Å². The van der Waals surface area contributed by atoms with E-state index < -0.39 is 0 Å². The number of anilines is 1. The Morgan fingerprint density at radius 2 is 2.00 bits per heavy atom. The number of fused-ring (bicyclic) bond motifs is 2. The summed E-state index contributed by atoms with van der Waals surface area (Å²) in [7, 11) is 0. The van der Waals surface area contributed by atoms with Crippen LogP contribution in [0.3, 0.4) is 0 Å². The van der Waals surface area contributed by atoms with Crippen LogP contribution < -0.4 is 14.9 Å². The third-order valence-corrected chi connectivity index (χ3v) is 3.69. The lowest BCUT2D eigenvalue weighted by Crippen LogP contribution is -2.02. The standard InChI is InChI=1S/C17H14N4O2/c1-11(12-6-7-15-16(8-12)23-10-22-15)19-21-17-14-5-3-2-4-13(14)9-18-20-17/h2-9H,10H2,1H3,(H,20,21). The van der Waals surface area contributed by atoms with Gasteiger partial charge in [0.2, 0.25) is 6.79 Å². The van der Waals surface area contributed by atoms with Crippen molar-refractivity contribution in [2.75, 3.05) is 12.2 Å². The van der Waals surface area contributed by atoms with Gasteiger partial charge in [-0.1, -0.05) is 24.3 Å².